The van der Waals surface area contributed by atoms with Gasteiger partial charge in [0.25, 0.3) is 0 Å². The van der Waals surface area contributed by atoms with Gasteiger partial charge in [0.15, 0.2) is 5.78 Å². The fourth-order valence-corrected chi connectivity index (χ4v) is 5.31. The topological polar surface area (TPSA) is 71.1 Å². The number of rotatable bonds is 16. The monoisotopic (exact) mass is 590 g/mol. The highest BCUT2D eigenvalue weighted by Crippen LogP contribution is 2.45. The van der Waals surface area contributed by atoms with Crippen molar-refractivity contribution < 1.29 is 28.5 Å². The zero-order valence-corrected chi connectivity index (χ0v) is 25.1. The van der Waals surface area contributed by atoms with Crippen LogP contribution in [0, 0.1) is 0 Å². The molecule has 0 saturated heterocycles. The van der Waals surface area contributed by atoms with Crippen LogP contribution in [0.25, 0.3) is 32.7 Å². The quantitative estimate of drug-likeness (QED) is 0.0497. The number of hydrogen-bond acceptors (Lipinski definition) is 6. The molecule has 6 heteroatoms. The Labute approximate surface area is 258 Å². The molecule has 44 heavy (non-hydrogen) atoms. The molecule has 0 aliphatic carbocycles. The lowest BCUT2D eigenvalue weighted by Crippen LogP contribution is -2.10. The standard InChI is InChI=1S/C38H38O6/c1-41-26-27-42-24-11-25-43-34-22-20-28-12-5-7-16-31(28)37(34)38-32-17-8-6-13-29(32)21-23-35(38)44-36(40)19-10-9-18-33(39)30-14-3-2-4-15-30/h2-8,12-17,20-23H,9-11,18-19,24-27H2,1H3. The Morgan fingerprint density at radius 2 is 1.18 bits per heavy atom. The summed E-state index contributed by atoms with van der Waals surface area (Å²) in [7, 11) is 1.65. The molecule has 6 nitrogen and oxygen atoms in total. The molecular formula is C38H38O6. The second kappa shape index (κ2) is 15.8. The molecule has 0 aromatic heterocycles. The van der Waals surface area contributed by atoms with Crippen LogP contribution >= 0.6 is 0 Å². The van der Waals surface area contributed by atoms with Crippen molar-refractivity contribution in [1.29, 1.82) is 0 Å². The van der Waals surface area contributed by atoms with Crippen molar-refractivity contribution in [2.75, 3.05) is 33.5 Å². The highest BCUT2D eigenvalue weighted by atomic mass is 16.5. The third-order valence-corrected chi connectivity index (χ3v) is 7.51. The molecule has 0 unspecified atom stereocenters. The molecule has 5 rings (SSSR count). The Morgan fingerprint density at radius 3 is 1.89 bits per heavy atom. The summed E-state index contributed by atoms with van der Waals surface area (Å²) in [6, 6.07) is 33.4. The van der Waals surface area contributed by atoms with Gasteiger partial charge in [-0.3, -0.25) is 9.59 Å². The van der Waals surface area contributed by atoms with Crippen molar-refractivity contribution in [3.63, 3.8) is 0 Å². The largest absolute Gasteiger partial charge is 0.493 e. The Hall–Kier alpha value is -4.52. The fraction of sp³-hybridized carbons (Fsp3) is 0.263. The van der Waals surface area contributed by atoms with Crippen molar-refractivity contribution >= 4 is 33.3 Å². The molecule has 0 aliphatic rings. The summed E-state index contributed by atoms with van der Waals surface area (Å²) in [4.78, 5) is 25.6. The van der Waals surface area contributed by atoms with Gasteiger partial charge in [0.1, 0.15) is 11.5 Å². The first kappa shape index (κ1) is 30.9. The number of unbranched alkanes of at least 4 members (excludes halogenated alkanes) is 1. The molecular weight excluding hydrogens is 552 g/mol. The highest BCUT2D eigenvalue weighted by molar-refractivity contribution is 6.10. The normalized spacial score (nSPS) is 11.1. The molecule has 0 atom stereocenters. The van der Waals surface area contributed by atoms with Crippen molar-refractivity contribution in [3.8, 4) is 22.6 Å². The van der Waals surface area contributed by atoms with E-state index in [2.05, 4.69) is 24.3 Å². The van der Waals surface area contributed by atoms with Crippen LogP contribution in [0.1, 0.15) is 42.5 Å². The molecule has 5 aromatic carbocycles. The van der Waals surface area contributed by atoms with Gasteiger partial charge in [-0.15, -0.1) is 0 Å². The summed E-state index contributed by atoms with van der Waals surface area (Å²) in [5, 5.41) is 4.07. The molecule has 0 saturated carbocycles. The molecule has 5 aromatic rings. The summed E-state index contributed by atoms with van der Waals surface area (Å²) in [6.45, 7) is 2.15. The maximum absolute atomic E-state index is 13.2. The Kier molecular flexibility index (Phi) is 11.1. The predicted molar refractivity (Wildman–Crippen MR) is 175 cm³/mol. The SMILES string of the molecule is COCCOCCCOc1ccc2ccccc2c1-c1c(OC(=O)CCCCC(=O)c2ccccc2)ccc2ccccc12. The Morgan fingerprint density at radius 1 is 0.568 bits per heavy atom. The highest BCUT2D eigenvalue weighted by Gasteiger charge is 2.20. The average molecular weight is 591 g/mol. The van der Waals surface area contributed by atoms with Crippen molar-refractivity contribution in [2.24, 2.45) is 0 Å². The molecule has 226 valence electrons. The van der Waals surface area contributed by atoms with Gasteiger partial charge in [-0.25, -0.2) is 0 Å². The minimum Gasteiger partial charge on any atom is -0.493 e. The third-order valence-electron chi connectivity index (χ3n) is 7.51. The van der Waals surface area contributed by atoms with Crippen LogP contribution in [0.4, 0.5) is 0 Å². The van der Waals surface area contributed by atoms with Crippen LogP contribution in [0.3, 0.4) is 0 Å². The van der Waals surface area contributed by atoms with E-state index < -0.39 is 0 Å². The van der Waals surface area contributed by atoms with Crippen LogP contribution in [0.15, 0.2) is 103 Å². The average Bonchev–Trinajstić information content (AvgIpc) is 3.06. The van der Waals surface area contributed by atoms with E-state index in [1.54, 1.807) is 7.11 Å². The number of ketones is 1. The molecule has 0 amide bonds. The van der Waals surface area contributed by atoms with Gasteiger partial charge in [0.2, 0.25) is 0 Å². The number of Topliss-reactive ketones (excluding diaryl/α,β-unsaturated/α-hetero) is 1. The van der Waals surface area contributed by atoms with E-state index in [-0.39, 0.29) is 18.2 Å². The molecule has 0 spiro atoms. The number of carbonyl (C=O) groups excluding carboxylic acids is 2. The summed E-state index contributed by atoms with van der Waals surface area (Å²) < 4.78 is 23.1. The van der Waals surface area contributed by atoms with E-state index in [4.69, 9.17) is 18.9 Å². The number of carbonyl (C=O) groups is 2. The summed E-state index contributed by atoms with van der Waals surface area (Å²) in [5.41, 5.74) is 2.40. The van der Waals surface area contributed by atoms with Gasteiger partial charge in [0, 0.05) is 49.7 Å². The second-order valence-corrected chi connectivity index (χ2v) is 10.6. The van der Waals surface area contributed by atoms with Gasteiger partial charge < -0.3 is 18.9 Å². The van der Waals surface area contributed by atoms with E-state index in [1.165, 1.54) is 0 Å². The van der Waals surface area contributed by atoms with E-state index >= 15 is 0 Å². The maximum atomic E-state index is 13.2. The first-order valence-electron chi connectivity index (χ1n) is 15.2. The van der Waals surface area contributed by atoms with Gasteiger partial charge in [-0.1, -0.05) is 91.0 Å². The number of fused-ring (bicyclic) bond motifs is 2. The maximum Gasteiger partial charge on any atom is 0.311 e. The van der Waals surface area contributed by atoms with Gasteiger partial charge >= 0.3 is 5.97 Å². The lowest BCUT2D eigenvalue weighted by molar-refractivity contribution is -0.134. The summed E-state index contributed by atoms with van der Waals surface area (Å²) >= 11 is 0. The third kappa shape index (κ3) is 7.90. The van der Waals surface area contributed by atoms with Gasteiger partial charge in [-0.05, 0) is 46.5 Å². The van der Waals surface area contributed by atoms with E-state index in [9.17, 15) is 9.59 Å². The van der Waals surface area contributed by atoms with Crippen LogP contribution in [-0.2, 0) is 14.3 Å². The van der Waals surface area contributed by atoms with Crippen LogP contribution in [0.2, 0.25) is 0 Å². The van der Waals surface area contributed by atoms with Crippen LogP contribution in [-0.4, -0.2) is 45.3 Å². The molecule has 0 aliphatic heterocycles. The Balaban J connectivity index is 1.38. The molecule has 0 bridgehead atoms. The Bertz CT molecular complexity index is 1690. The predicted octanol–water partition coefficient (Wildman–Crippen LogP) is 8.44. The lowest BCUT2D eigenvalue weighted by Gasteiger charge is -2.19. The van der Waals surface area contributed by atoms with E-state index in [0.717, 1.165) is 39.1 Å². The smallest absolute Gasteiger partial charge is 0.311 e. The second-order valence-electron chi connectivity index (χ2n) is 10.6. The number of esters is 1. The van der Waals surface area contributed by atoms with E-state index in [1.807, 2.05) is 78.9 Å². The minimum absolute atomic E-state index is 0.0841. The zero-order valence-electron chi connectivity index (χ0n) is 25.1. The lowest BCUT2D eigenvalue weighted by atomic mass is 9.92. The van der Waals surface area contributed by atoms with Crippen molar-refractivity contribution in [3.05, 3.63) is 109 Å². The number of methoxy groups -OCH3 is 1. The summed E-state index contributed by atoms with van der Waals surface area (Å²) in [5.74, 6) is 0.956. The van der Waals surface area contributed by atoms with Gasteiger partial charge in [-0.2, -0.15) is 0 Å². The minimum atomic E-state index is -0.329. The zero-order chi connectivity index (χ0) is 30.6. The molecule has 0 radical (unpaired) electrons. The first-order valence-corrected chi connectivity index (χ1v) is 15.2. The number of benzene rings is 5. The summed E-state index contributed by atoms with van der Waals surface area (Å²) in [6.07, 6.45) is 2.52. The van der Waals surface area contributed by atoms with Crippen molar-refractivity contribution in [1.82, 2.24) is 0 Å². The fourth-order valence-electron chi connectivity index (χ4n) is 5.31. The molecule has 0 heterocycles. The molecule has 0 fully saturated rings. The first-order chi connectivity index (χ1) is 21.7. The van der Waals surface area contributed by atoms with Gasteiger partial charge in [0.05, 0.1) is 19.8 Å². The van der Waals surface area contributed by atoms with Crippen molar-refractivity contribution in [2.45, 2.75) is 32.1 Å². The number of ether oxygens (including phenoxy) is 4. The van der Waals surface area contributed by atoms with Crippen LogP contribution in [0.5, 0.6) is 11.5 Å². The molecule has 0 N–H and O–H groups in total. The number of hydrogen-bond donors (Lipinski definition) is 0. The van der Waals surface area contributed by atoms with Crippen LogP contribution < -0.4 is 9.47 Å². The van der Waals surface area contributed by atoms with E-state index in [0.29, 0.717) is 62.8 Å².